The number of nitrogens with two attached hydrogens (primary N) is 1. The Morgan fingerprint density at radius 1 is 1.30 bits per heavy atom. The van der Waals surface area contributed by atoms with Crippen molar-refractivity contribution in [1.29, 1.82) is 0 Å². The van der Waals surface area contributed by atoms with Gasteiger partial charge in [0.1, 0.15) is 12.4 Å². The number of benzene rings is 1. The van der Waals surface area contributed by atoms with E-state index in [1.54, 1.807) is 25.3 Å². The number of hydrogen-bond donors (Lipinski definition) is 2. The van der Waals surface area contributed by atoms with E-state index in [2.05, 4.69) is 5.16 Å². The van der Waals surface area contributed by atoms with E-state index in [9.17, 15) is 0 Å². The first kappa shape index (κ1) is 16.6. The van der Waals surface area contributed by atoms with Crippen molar-refractivity contribution in [3.05, 3.63) is 28.8 Å². The minimum absolute atomic E-state index is 0.0523. The van der Waals surface area contributed by atoms with Crippen molar-refractivity contribution in [2.45, 2.75) is 6.42 Å². The standard InChI is InChI=1S/C13H19ClN2O4/c1-18-5-2-6-19-7-8-20-12-4-3-10(14)9-11(12)13(15)16-17/h3-4,9,17H,2,5-8H2,1H3,(H2,15,16). The van der Waals surface area contributed by atoms with Gasteiger partial charge in [-0.05, 0) is 24.6 Å². The zero-order valence-corrected chi connectivity index (χ0v) is 12.1. The highest BCUT2D eigenvalue weighted by Gasteiger charge is 2.09. The Morgan fingerprint density at radius 3 is 2.80 bits per heavy atom. The van der Waals surface area contributed by atoms with E-state index >= 15 is 0 Å². The summed E-state index contributed by atoms with van der Waals surface area (Å²) in [6.45, 7) is 2.10. The van der Waals surface area contributed by atoms with E-state index in [-0.39, 0.29) is 5.84 Å². The van der Waals surface area contributed by atoms with Crippen molar-refractivity contribution in [2.24, 2.45) is 10.9 Å². The molecule has 1 aromatic rings. The van der Waals surface area contributed by atoms with Crippen LogP contribution < -0.4 is 10.5 Å². The highest BCUT2D eigenvalue weighted by atomic mass is 35.5. The molecule has 0 atom stereocenters. The van der Waals surface area contributed by atoms with Crippen LogP contribution in [-0.4, -0.2) is 44.6 Å². The smallest absolute Gasteiger partial charge is 0.173 e. The fourth-order valence-electron chi connectivity index (χ4n) is 1.50. The van der Waals surface area contributed by atoms with Crippen molar-refractivity contribution in [3.8, 4) is 5.75 Å². The fourth-order valence-corrected chi connectivity index (χ4v) is 1.67. The van der Waals surface area contributed by atoms with E-state index in [1.165, 1.54) is 0 Å². The number of methoxy groups -OCH3 is 1. The molecule has 0 amide bonds. The Bertz CT molecular complexity index is 440. The topological polar surface area (TPSA) is 86.3 Å². The molecule has 0 aliphatic carbocycles. The van der Waals surface area contributed by atoms with Crippen LogP contribution in [0.5, 0.6) is 5.75 Å². The van der Waals surface area contributed by atoms with E-state index in [1.807, 2.05) is 0 Å². The summed E-state index contributed by atoms with van der Waals surface area (Å²) in [5.41, 5.74) is 6.01. The predicted molar refractivity (Wildman–Crippen MR) is 76.8 cm³/mol. The highest BCUT2D eigenvalue weighted by molar-refractivity contribution is 6.31. The SMILES string of the molecule is COCCCOCCOc1ccc(Cl)cc1/C(N)=N/O. The summed E-state index contributed by atoms with van der Waals surface area (Å²) >= 11 is 5.87. The van der Waals surface area contributed by atoms with E-state index in [0.717, 1.165) is 6.42 Å². The molecule has 0 aliphatic heterocycles. The third kappa shape index (κ3) is 5.64. The van der Waals surface area contributed by atoms with Crippen LogP contribution in [-0.2, 0) is 9.47 Å². The highest BCUT2D eigenvalue weighted by Crippen LogP contribution is 2.22. The molecule has 3 N–H and O–H groups in total. The molecule has 1 rings (SSSR count). The van der Waals surface area contributed by atoms with Crippen LogP contribution in [0.1, 0.15) is 12.0 Å². The predicted octanol–water partition coefficient (Wildman–Crippen LogP) is 1.87. The lowest BCUT2D eigenvalue weighted by atomic mass is 10.2. The molecule has 0 saturated heterocycles. The zero-order valence-electron chi connectivity index (χ0n) is 11.3. The van der Waals surface area contributed by atoms with Gasteiger partial charge in [0.25, 0.3) is 0 Å². The number of nitrogens with zero attached hydrogens (tertiary/aromatic N) is 1. The minimum atomic E-state index is -0.0523. The number of halogens is 1. The van der Waals surface area contributed by atoms with Gasteiger partial charge in [-0.3, -0.25) is 0 Å². The molecule has 0 aliphatic rings. The van der Waals surface area contributed by atoms with Gasteiger partial charge in [-0.15, -0.1) is 0 Å². The summed E-state index contributed by atoms with van der Waals surface area (Å²) in [6.07, 6.45) is 0.840. The van der Waals surface area contributed by atoms with Gasteiger partial charge in [0.2, 0.25) is 0 Å². The van der Waals surface area contributed by atoms with Crippen LogP contribution in [0.4, 0.5) is 0 Å². The third-order valence-corrected chi connectivity index (χ3v) is 2.68. The maximum Gasteiger partial charge on any atom is 0.173 e. The maximum absolute atomic E-state index is 8.72. The zero-order chi connectivity index (χ0) is 14.8. The first-order chi connectivity index (χ1) is 9.69. The molecule has 1 aromatic carbocycles. The Hall–Kier alpha value is -1.50. The van der Waals surface area contributed by atoms with Crippen molar-refractivity contribution in [1.82, 2.24) is 0 Å². The molecule has 0 radical (unpaired) electrons. The number of amidine groups is 1. The van der Waals surface area contributed by atoms with Crippen molar-refractivity contribution >= 4 is 17.4 Å². The quantitative estimate of drug-likeness (QED) is 0.239. The molecule has 0 heterocycles. The minimum Gasteiger partial charge on any atom is -0.490 e. The molecular weight excluding hydrogens is 284 g/mol. The molecule has 112 valence electrons. The van der Waals surface area contributed by atoms with Gasteiger partial charge in [0.05, 0.1) is 12.2 Å². The summed E-state index contributed by atoms with van der Waals surface area (Å²) in [5, 5.41) is 12.2. The van der Waals surface area contributed by atoms with Crippen LogP contribution in [0.15, 0.2) is 23.4 Å². The van der Waals surface area contributed by atoms with Crippen molar-refractivity contribution in [3.63, 3.8) is 0 Å². The summed E-state index contributed by atoms with van der Waals surface area (Å²) in [7, 11) is 1.65. The Kier molecular flexibility index (Phi) is 7.79. The average molecular weight is 303 g/mol. The van der Waals surface area contributed by atoms with Crippen molar-refractivity contribution < 1.29 is 19.4 Å². The van der Waals surface area contributed by atoms with E-state index in [4.69, 9.17) is 36.8 Å². The lowest BCUT2D eigenvalue weighted by Gasteiger charge is -2.11. The lowest BCUT2D eigenvalue weighted by Crippen LogP contribution is -2.16. The molecule has 0 saturated carbocycles. The number of hydrogen-bond acceptors (Lipinski definition) is 5. The molecule has 0 unspecified atom stereocenters. The molecule has 20 heavy (non-hydrogen) atoms. The lowest BCUT2D eigenvalue weighted by molar-refractivity contribution is 0.0806. The van der Waals surface area contributed by atoms with Crippen molar-refractivity contribution in [2.75, 3.05) is 33.5 Å². The number of ether oxygens (including phenoxy) is 3. The van der Waals surface area contributed by atoms with Crippen LogP contribution >= 0.6 is 11.6 Å². The normalized spacial score (nSPS) is 11.6. The van der Waals surface area contributed by atoms with Crippen LogP contribution in [0.3, 0.4) is 0 Å². The first-order valence-electron chi connectivity index (χ1n) is 6.16. The van der Waals surface area contributed by atoms with Crippen LogP contribution in [0.2, 0.25) is 5.02 Å². The van der Waals surface area contributed by atoms with Gasteiger partial charge in [-0.1, -0.05) is 16.8 Å². The first-order valence-corrected chi connectivity index (χ1v) is 6.53. The Balaban J connectivity index is 2.43. The molecule has 0 fully saturated rings. The number of oxime groups is 1. The average Bonchev–Trinajstić information content (AvgIpc) is 2.46. The maximum atomic E-state index is 8.72. The van der Waals surface area contributed by atoms with Crippen LogP contribution in [0.25, 0.3) is 0 Å². The van der Waals surface area contributed by atoms with Gasteiger partial charge in [-0.25, -0.2) is 0 Å². The second kappa shape index (κ2) is 9.41. The molecule has 0 aromatic heterocycles. The van der Waals surface area contributed by atoms with Gasteiger partial charge in [0, 0.05) is 25.3 Å². The Labute approximate surface area is 123 Å². The molecule has 0 spiro atoms. The summed E-state index contributed by atoms with van der Waals surface area (Å²) in [5.74, 6) is 0.439. The number of rotatable bonds is 9. The summed E-state index contributed by atoms with van der Waals surface area (Å²) < 4.78 is 15.8. The van der Waals surface area contributed by atoms with Gasteiger partial charge < -0.3 is 25.2 Å². The molecule has 6 nitrogen and oxygen atoms in total. The summed E-state index contributed by atoms with van der Waals surface area (Å²) in [6, 6.07) is 4.91. The van der Waals surface area contributed by atoms with Gasteiger partial charge in [-0.2, -0.15) is 0 Å². The molecule has 0 bridgehead atoms. The second-order valence-electron chi connectivity index (χ2n) is 3.93. The van der Waals surface area contributed by atoms with Crippen LogP contribution in [0, 0.1) is 0 Å². The summed E-state index contributed by atoms with van der Waals surface area (Å²) in [4.78, 5) is 0. The van der Waals surface area contributed by atoms with E-state index in [0.29, 0.717) is 42.8 Å². The Morgan fingerprint density at radius 2 is 2.10 bits per heavy atom. The third-order valence-electron chi connectivity index (χ3n) is 2.45. The van der Waals surface area contributed by atoms with Gasteiger partial charge in [0.15, 0.2) is 5.84 Å². The monoisotopic (exact) mass is 302 g/mol. The fraction of sp³-hybridized carbons (Fsp3) is 0.462. The molecule has 7 heteroatoms. The second-order valence-corrected chi connectivity index (χ2v) is 4.37. The van der Waals surface area contributed by atoms with E-state index < -0.39 is 0 Å². The van der Waals surface area contributed by atoms with Gasteiger partial charge >= 0.3 is 0 Å². The molecular formula is C13H19ClN2O4. The largest absolute Gasteiger partial charge is 0.490 e.